The molecule has 1 aliphatic heterocycles. The van der Waals surface area contributed by atoms with Gasteiger partial charge in [-0.2, -0.15) is 0 Å². The van der Waals surface area contributed by atoms with E-state index in [4.69, 9.17) is 0 Å². The highest BCUT2D eigenvalue weighted by atomic mass is 19.1. The van der Waals surface area contributed by atoms with Crippen molar-refractivity contribution in [1.82, 2.24) is 10.2 Å². The Morgan fingerprint density at radius 2 is 1.61 bits per heavy atom. The lowest BCUT2D eigenvalue weighted by molar-refractivity contribution is -0.125. The molecule has 0 aliphatic carbocycles. The van der Waals surface area contributed by atoms with E-state index < -0.39 is 0 Å². The van der Waals surface area contributed by atoms with E-state index in [0.29, 0.717) is 25.2 Å². The van der Waals surface area contributed by atoms with Crippen LogP contribution in [0.25, 0.3) is 0 Å². The maximum Gasteiger partial charge on any atom is 0.254 e. The van der Waals surface area contributed by atoms with E-state index in [1.165, 1.54) is 12.1 Å². The predicted molar refractivity (Wildman–Crippen MR) is 118 cm³/mol. The summed E-state index contributed by atoms with van der Waals surface area (Å²) in [4.78, 5) is 28.1. The van der Waals surface area contributed by atoms with Crippen molar-refractivity contribution >= 4 is 11.8 Å². The number of nitrogens with one attached hydrogen (secondary N) is 1. The molecule has 0 spiro atoms. The highest BCUT2D eigenvalue weighted by Crippen LogP contribution is 2.34. The van der Waals surface area contributed by atoms with Crippen LogP contribution >= 0.6 is 0 Å². The Bertz CT molecular complexity index is 1070. The zero-order valence-corrected chi connectivity index (χ0v) is 17.4. The summed E-state index contributed by atoms with van der Waals surface area (Å²) >= 11 is 0. The van der Waals surface area contributed by atoms with Crippen molar-refractivity contribution in [3.63, 3.8) is 0 Å². The Balaban J connectivity index is 1.53. The lowest BCUT2D eigenvalue weighted by atomic mass is 9.88. The SMILES string of the molecule is Cc1ccccc1C(=O)N1C[C@H](c2ccccc2)[C@H](C(=O)NCc2ccc(F)cc2)C1. The third-order valence-electron chi connectivity index (χ3n) is 5.93. The van der Waals surface area contributed by atoms with Crippen LogP contribution < -0.4 is 5.32 Å². The van der Waals surface area contributed by atoms with E-state index in [1.807, 2.05) is 61.5 Å². The maximum absolute atomic E-state index is 13.2. The van der Waals surface area contributed by atoms with Crippen LogP contribution in [0.4, 0.5) is 4.39 Å². The molecule has 0 unspecified atom stereocenters. The first-order chi connectivity index (χ1) is 15.0. The number of carbonyl (C=O) groups is 2. The first-order valence-electron chi connectivity index (χ1n) is 10.4. The molecule has 5 heteroatoms. The monoisotopic (exact) mass is 416 g/mol. The van der Waals surface area contributed by atoms with Crippen LogP contribution in [-0.2, 0) is 11.3 Å². The zero-order chi connectivity index (χ0) is 21.8. The van der Waals surface area contributed by atoms with Crippen molar-refractivity contribution in [2.45, 2.75) is 19.4 Å². The zero-order valence-electron chi connectivity index (χ0n) is 17.4. The normalized spacial score (nSPS) is 18.1. The summed E-state index contributed by atoms with van der Waals surface area (Å²) in [7, 11) is 0. The quantitative estimate of drug-likeness (QED) is 0.674. The van der Waals surface area contributed by atoms with Crippen LogP contribution in [0.15, 0.2) is 78.9 Å². The van der Waals surface area contributed by atoms with Crippen molar-refractivity contribution in [2.24, 2.45) is 5.92 Å². The number of hydrogen-bond acceptors (Lipinski definition) is 2. The number of hydrogen-bond donors (Lipinski definition) is 1. The second kappa shape index (κ2) is 9.13. The van der Waals surface area contributed by atoms with Crippen molar-refractivity contribution in [2.75, 3.05) is 13.1 Å². The number of carbonyl (C=O) groups excluding carboxylic acids is 2. The average Bonchev–Trinajstić information content (AvgIpc) is 3.25. The third-order valence-corrected chi connectivity index (χ3v) is 5.93. The molecule has 0 aromatic heterocycles. The van der Waals surface area contributed by atoms with Gasteiger partial charge in [-0.3, -0.25) is 9.59 Å². The fraction of sp³-hybridized carbons (Fsp3) is 0.231. The average molecular weight is 416 g/mol. The molecule has 1 N–H and O–H groups in total. The van der Waals surface area contributed by atoms with E-state index in [1.54, 1.807) is 17.0 Å². The molecule has 31 heavy (non-hydrogen) atoms. The minimum absolute atomic E-state index is 0.0483. The van der Waals surface area contributed by atoms with Crippen LogP contribution in [0.2, 0.25) is 0 Å². The Hall–Kier alpha value is -3.47. The predicted octanol–water partition coefficient (Wildman–Crippen LogP) is 4.31. The lowest BCUT2D eigenvalue weighted by Gasteiger charge is -2.18. The summed E-state index contributed by atoms with van der Waals surface area (Å²) in [5, 5.41) is 2.97. The van der Waals surface area contributed by atoms with Gasteiger partial charge in [-0.25, -0.2) is 4.39 Å². The molecule has 0 radical (unpaired) electrons. The molecule has 0 saturated carbocycles. The number of amides is 2. The Morgan fingerprint density at radius 1 is 0.935 bits per heavy atom. The summed E-state index contributed by atoms with van der Waals surface area (Å²) < 4.78 is 13.1. The summed E-state index contributed by atoms with van der Waals surface area (Å²) in [6.45, 7) is 3.10. The minimum atomic E-state index is -0.351. The molecular formula is C26H25FN2O2. The van der Waals surface area contributed by atoms with Crippen molar-refractivity contribution in [3.8, 4) is 0 Å². The minimum Gasteiger partial charge on any atom is -0.352 e. The van der Waals surface area contributed by atoms with E-state index in [-0.39, 0.29) is 29.5 Å². The van der Waals surface area contributed by atoms with Gasteiger partial charge < -0.3 is 10.2 Å². The second-order valence-electron chi connectivity index (χ2n) is 7.99. The van der Waals surface area contributed by atoms with E-state index in [0.717, 1.165) is 16.7 Å². The molecule has 158 valence electrons. The van der Waals surface area contributed by atoms with Crippen molar-refractivity contribution in [1.29, 1.82) is 0 Å². The summed E-state index contributed by atoms with van der Waals surface area (Å²) in [5.74, 6) is -0.885. The number of aryl methyl sites for hydroxylation is 1. The van der Waals surface area contributed by atoms with Crippen LogP contribution in [0, 0.1) is 18.7 Å². The smallest absolute Gasteiger partial charge is 0.254 e. The molecule has 1 saturated heterocycles. The van der Waals surface area contributed by atoms with Gasteiger partial charge in [0, 0.05) is 31.1 Å². The molecule has 0 bridgehead atoms. The fourth-order valence-corrected chi connectivity index (χ4v) is 4.18. The topological polar surface area (TPSA) is 49.4 Å². The van der Waals surface area contributed by atoms with Crippen LogP contribution in [0.1, 0.15) is 33.0 Å². The molecule has 2 atom stereocenters. The number of likely N-dealkylation sites (tertiary alicyclic amines) is 1. The molecule has 1 fully saturated rings. The molecule has 3 aromatic carbocycles. The molecule has 4 rings (SSSR count). The maximum atomic E-state index is 13.2. The largest absolute Gasteiger partial charge is 0.352 e. The molecule has 1 aliphatic rings. The number of rotatable bonds is 5. The molecule has 3 aromatic rings. The van der Waals surface area contributed by atoms with E-state index in [9.17, 15) is 14.0 Å². The van der Waals surface area contributed by atoms with Crippen molar-refractivity contribution in [3.05, 3.63) is 107 Å². The van der Waals surface area contributed by atoms with Gasteiger partial charge in [0.25, 0.3) is 5.91 Å². The van der Waals surface area contributed by atoms with Crippen LogP contribution in [-0.4, -0.2) is 29.8 Å². The van der Waals surface area contributed by atoms with Gasteiger partial charge in [-0.05, 0) is 41.8 Å². The standard InChI is InChI=1S/C26H25FN2O2/c1-18-7-5-6-10-22(18)26(31)29-16-23(20-8-3-2-4-9-20)24(17-29)25(30)28-15-19-11-13-21(27)14-12-19/h2-14,23-24H,15-17H2,1H3,(H,28,30)/t23-,24-/m1/s1. The van der Waals surface area contributed by atoms with Gasteiger partial charge in [-0.1, -0.05) is 60.7 Å². The summed E-state index contributed by atoms with van der Waals surface area (Å²) in [5.41, 5.74) is 3.47. The van der Waals surface area contributed by atoms with Gasteiger partial charge in [-0.15, -0.1) is 0 Å². The number of benzene rings is 3. The lowest BCUT2D eigenvalue weighted by Crippen LogP contribution is -2.35. The van der Waals surface area contributed by atoms with Crippen LogP contribution in [0.3, 0.4) is 0 Å². The Kier molecular flexibility index (Phi) is 6.12. The third kappa shape index (κ3) is 4.66. The highest BCUT2D eigenvalue weighted by Gasteiger charge is 2.40. The first-order valence-corrected chi connectivity index (χ1v) is 10.4. The Morgan fingerprint density at radius 3 is 2.32 bits per heavy atom. The van der Waals surface area contributed by atoms with E-state index in [2.05, 4.69) is 5.32 Å². The summed E-state index contributed by atoms with van der Waals surface area (Å²) in [6.07, 6.45) is 0. The highest BCUT2D eigenvalue weighted by molar-refractivity contribution is 5.96. The number of halogens is 1. The van der Waals surface area contributed by atoms with Crippen molar-refractivity contribution < 1.29 is 14.0 Å². The second-order valence-corrected chi connectivity index (χ2v) is 7.99. The molecule has 2 amide bonds. The van der Waals surface area contributed by atoms with Crippen LogP contribution in [0.5, 0.6) is 0 Å². The fourth-order valence-electron chi connectivity index (χ4n) is 4.18. The number of nitrogens with zero attached hydrogens (tertiary/aromatic N) is 1. The van der Waals surface area contributed by atoms with Gasteiger partial charge >= 0.3 is 0 Å². The molecular weight excluding hydrogens is 391 g/mol. The molecule has 1 heterocycles. The molecule has 4 nitrogen and oxygen atoms in total. The Labute approximate surface area is 181 Å². The van der Waals surface area contributed by atoms with E-state index >= 15 is 0 Å². The van der Waals surface area contributed by atoms with Gasteiger partial charge in [0.15, 0.2) is 0 Å². The summed E-state index contributed by atoms with van der Waals surface area (Å²) in [6, 6.07) is 23.5. The van der Waals surface area contributed by atoms with Gasteiger partial charge in [0.1, 0.15) is 5.82 Å². The first kappa shape index (κ1) is 20.8. The van der Waals surface area contributed by atoms with Gasteiger partial charge in [0.05, 0.1) is 5.92 Å². The van der Waals surface area contributed by atoms with Gasteiger partial charge in [0.2, 0.25) is 5.91 Å².